The van der Waals surface area contributed by atoms with Crippen LogP contribution in [0.1, 0.15) is 54.6 Å². The fourth-order valence-electron chi connectivity index (χ4n) is 3.68. The smallest absolute Gasteiger partial charge is 0.168 e. The van der Waals surface area contributed by atoms with Crippen LogP contribution in [0.4, 0.5) is 0 Å². The van der Waals surface area contributed by atoms with Crippen molar-refractivity contribution in [3.05, 3.63) is 65.5 Å². The van der Waals surface area contributed by atoms with Gasteiger partial charge in [-0.1, -0.05) is 24.3 Å². The molecule has 1 atom stereocenters. The van der Waals surface area contributed by atoms with Crippen LogP contribution < -0.4 is 0 Å². The Labute approximate surface area is 162 Å². The lowest BCUT2D eigenvalue weighted by molar-refractivity contribution is 0.0713. The van der Waals surface area contributed by atoms with Gasteiger partial charge in [0.15, 0.2) is 5.78 Å². The van der Waals surface area contributed by atoms with E-state index in [1.165, 1.54) is 11.1 Å². The number of likely N-dealkylation sites (tertiary alicyclic amines) is 1. The Balaban J connectivity index is 1.55. The summed E-state index contributed by atoms with van der Waals surface area (Å²) in [4.78, 5) is 19.2. The molecule has 0 bridgehead atoms. The van der Waals surface area contributed by atoms with Crippen molar-refractivity contribution in [2.45, 2.75) is 51.7 Å². The van der Waals surface area contributed by atoms with Crippen molar-refractivity contribution in [3.63, 3.8) is 0 Å². The van der Waals surface area contributed by atoms with Crippen LogP contribution in [0.3, 0.4) is 0 Å². The minimum atomic E-state index is -0.623. The highest BCUT2D eigenvalue weighted by atomic mass is 16.3. The molecule has 4 heteroatoms. The Bertz CT molecular complexity index is 735. The summed E-state index contributed by atoms with van der Waals surface area (Å²) in [5.41, 5.74) is 2.63. The molecule has 1 N–H and O–H groups in total. The summed E-state index contributed by atoms with van der Waals surface area (Å²) in [6.45, 7) is 6.43. The lowest BCUT2D eigenvalue weighted by Gasteiger charge is -2.32. The van der Waals surface area contributed by atoms with Gasteiger partial charge in [0.1, 0.15) is 0 Å². The molecular weight excluding hydrogens is 336 g/mol. The lowest BCUT2D eigenvalue weighted by Crippen LogP contribution is -2.38. The molecule has 1 fully saturated rings. The van der Waals surface area contributed by atoms with Gasteiger partial charge in [0.05, 0.1) is 5.60 Å². The number of hydrogen-bond donors (Lipinski definition) is 1. The maximum Gasteiger partial charge on any atom is 0.168 e. The summed E-state index contributed by atoms with van der Waals surface area (Å²) in [6.07, 6.45) is 7.04. The van der Waals surface area contributed by atoms with Crippen LogP contribution in [0, 0.1) is 5.92 Å². The average Bonchev–Trinajstić information content (AvgIpc) is 2.67. The molecule has 1 aliphatic heterocycles. The predicted octanol–water partition coefficient (Wildman–Crippen LogP) is 3.88. The quantitative estimate of drug-likeness (QED) is 0.756. The first-order chi connectivity index (χ1) is 12.9. The standard InChI is InChI=1S/C23H30N2O2/c1-23(2,27)12-11-18-7-9-19(10-8-18)16-25-14-4-6-21(17-25)22(26)20-5-3-13-24-15-20/h3,5,7-10,13,15,21,27H,4,6,11-12,14,16-17H2,1-2H3/t21-/m1/s1. The highest BCUT2D eigenvalue weighted by Gasteiger charge is 2.26. The molecule has 4 nitrogen and oxygen atoms in total. The number of pyridine rings is 1. The largest absolute Gasteiger partial charge is 0.390 e. The number of hydrogen-bond acceptors (Lipinski definition) is 4. The number of piperidine rings is 1. The highest BCUT2D eigenvalue weighted by Crippen LogP contribution is 2.22. The summed E-state index contributed by atoms with van der Waals surface area (Å²) in [7, 11) is 0. The van der Waals surface area contributed by atoms with Gasteiger partial charge in [0.25, 0.3) is 0 Å². The molecule has 0 radical (unpaired) electrons. The molecule has 27 heavy (non-hydrogen) atoms. The average molecular weight is 367 g/mol. The van der Waals surface area contributed by atoms with E-state index in [1.807, 2.05) is 26.0 Å². The summed E-state index contributed by atoms with van der Waals surface area (Å²) in [6, 6.07) is 12.3. The van der Waals surface area contributed by atoms with Crippen molar-refractivity contribution < 1.29 is 9.90 Å². The van der Waals surface area contributed by atoms with E-state index < -0.39 is 5.60 Å². The van der Waals surface area contributed by atoms with Gasteiger partial charge in [-0.25, -0.2) is 0 Å². The Morgan fingerprint density at radius 3 is 2.63 bits per heavy atom. The molecule has 144 valence electrons. The SMILES string of the molecule is CC(C)(O)CCc1ccc(CN2CCC[C@@H](C(=O)c3cccnc3)C2)cc1. The molecule has 3 rings (SSSR count). The van der Waals surface area contributed by atoms with E-state index in [9.17, 15) is 9.90 Å². The molecular formula is C23H30N2O2. The van der Waals surface area contributed by atoms with Crippen molar-refractivity contribution in [3.8, 4) is 0 Å². The maximum absolute atomic E-state index is 12.7. The Morgan fingerprint density at radius 1 is 1.22 bits per heavy atom. The fourth-order valence-corrected chi connectivity index (χ4v) is 3.68. The number of nitrogens with zero attached hydrogens (tertiary/aromatic N) is 2. The Morgan fingerprint density at radius 2 is 1.96 bits per heavy atom. The predicted molar refractivity (Wildman–Crippen MR) is 108 cm³/mol. The van der Waals surface area contributed by atoms with E-state index in [-0.39, 0.29) is 11.7 Å². The van der Waals surface area contributed by atoms with Crippen molar-refractivity contribution in [1.82, 2.24) is 9.88 Å². The number of ketones is 1. The highest BCUT2D eigenvalue weighted by molar-refractivity contribution is 5.97. The fraction of sp³-hybridized carbons (Fsp3) is 0.478. The first kappa shape index (κ1) is 19.7. The summed E-state index contributed by atoms with van der Waals surface area (Å²) in [5, 5.41) is 9.86. The van der Waals surface area contributed by atoms with Gasteiger partial charge in [0, 0.05) is 37.0 Å². The molecule has 2 aromatic rings. The number of aryl methyl sites for hydroxylation is 1. The third-order valence-corrected chi connectivity index (χ3v) is 5.28. The number of aliphatic hydroxyl groups is 1. The van der Waals surface area contributed by atoms with Crippen LogP contribution in [0.5, 0.6) is 0 Å². The van der Waals surface area contributed by atoms with E-state index in [4.69, 9.17) is 0 Å². The monoisotopic (exact) mass is 366 g/mol. The lowest BCUT2D eigenvalue weighted by atomic mass is 9.90. The number of carbonyl (C=O) groups excluding carboxylic acids is 1. The minimum Gasteiger partial charge on any atom is -0.390 e. The van der Waals surface area contributed by atoms with E-state index in [0.717, 1.165) is 50.9 Å². The molecule has 0 unspecified atom stereocenters. The summed E-state index contributed by atoms with van der Waals surface area (Å²) < 4.78 is 0. The van der Waals surface area contributed by atoms with E-state index in [1.54, 1.807) is 12.4 Å². The number of aromatic nitrogens is 1. The minimum absolute atomic E-state index is 0.0639. The van der Waals surface area contributed by atoms with E-state index >= 15 is 0 Å². The van der Waals surface area contributed by atoms with Crippen molar-refractivity contribution in [2.75, 3.05) is 13.1 Å². The summed E-state index contributed by atoms with van der Waals surface area (Å²) in [5.74, 6) is 0.281. The second-order valence-electron chi connectivity index (χ2n) is 8.31. The van der Waals surface area contributed by atoms with Crippen LogP contribution >= 0.6 is 0 Å². The van der Waals surface area contributed by atoms with Crippen LogP contribution in [-0.4, -0.2) is 39.5 Å². The third-order valence-electron chi connectivity index (χ3n) is 5.28. The van der Waals surface area contributed by atoms with Gasteiger partial charge in [-0.15, -0.1) is 0 Å². The van der Waals surface area contributed by atoms with Gasteiger partial charge in [-0.2, -0.15) is 0 Å². The van der Waals surface area contributed by atoms with Gasteiger partial charge in [-0.05, 0) is 69.3 Å². The van der Waals surface area contributed by atoms with E-state index in [0.29, 0.717) is 0 Å². The number of Topliss-reactive ketones (excluding diaryl/α,β-unsaturated/α-hetero) is 1. The van der Waals surface area contributed by atoms with Crippen molar-refractivity contribution >= 4 is 5.78 Å². The molecule has 1 aromatic carbocycles. The zero-order chi connectivity index (χ0) is 19.3. The molecule has 0 amide bonds. The number of carbonyl (C=O) groups is 1. The Kier molecular flexibility index (Phi) is 6.40. The van der Waals surface area contributed by atoms with Gasteiger partial charge < -0.3 is 5.11 Å². The van der Waals surface area contributed by atoms with Crippen LogP contribution in [-0.2, 0) is 13.0 Å². The van der Waals surface area contributed by atoms with E-state index in [2.05, 4.69) is 34.1 Å². The Hall–Kier alpha value is -2.04. The molecule has 0 aliphatic carbocycles. The maximum atomic E-state index is 12.7. The first-order valence-electron chi connectivity index (χ1n) is 9.87. The number of benzene rings is 1. The van der Waals surface area contributed by atoms with Crippen molar-refractivity contribution in [1.29, 1.82) is 0 Å². The second kappa shape index (κ2) is 8.77. The molecule has 0 saturated carbocycles. The molecule has 1 aromatic heterocycles. The van der Waals surface area contributed by atoms with Gasteiger partial charge in [-0.3, -0.25) is 14.7 Å². The van der Waals surface area contributed by atoms with Gasteiger partial charge in [0.2, 0.25) is 0 Å². The zero-order valence-electron chi connectivity index (χ0n) is 16.4. The zero-order valence-corrected chi connectivity index (χ0v) is 16.4. The molecule has 1 saturated heterocycles. The van der Waals surface area contributed by atoms with Crippen LogP contribution in [0.2, 0.25) is 0 Å². The van der Waals surface area contributed by atoms with Gasteiger partial charge >= 0.3 is 0 Å². The van der Waals surface area contributed by atoms with Crippen LogP contribution in [0.15, 0.2) is 48.8 Å². The first-order valence-corrected chi connectivity index (χ1v) is 9.87. The summed E-state index contributed by atoms with van der Waals surface area (Å²) >= 11 is 0. The van der Waals surface area contributed by atoms with Crippen molar-refractivity contribution in [2.24, 2.45) is 5.92 Å². The molecule has 1 aliphatic rings. The second-order valence-corrected chi connectivity index (χ2v) is 8.31. The third kappa shape index (κ3) is 5.98. The topological polar surface area (TPSA) is 53.4 Å². The van der Waals surface area contributed by atoms with Crippen LogP contribution in [0.25, 0.3) is 0 Å². The normalized spacial score (nSPS) is 18.4. The molecule has 2 heterocycles. The number of rotatable bonds is 7. The molecule has 0 spiro atoms.